The lowest BCUT2D eigenvalue weighted by molar-refractivity contribution is 0.181. The zero-order valence-corrected chi connectivity index (χ0v) is 13.9. The lowest BCUT2D eigenvalue weighted by Gasteiger charge is -2.38. The molecule has 0 unspecified atom stereocenters. The van der Waals surface area contributed by atoms with E-state index in [-0.39, 0.29) is 0 Å². The summed E-state index contributed by atoms with van der Waals surface area (Å²) in [5.41, 5.74) is 1.63. The van der Waals surface area contributed by atoms with Crippen molar-refractivity contribution < 1.29 is 0 Å². The molecule has 3 heteroatoms. The normalized spacial score (nSPS) is 18.1. The molecule has 0 aliphatic heterocycles. The van der Waals surface area contributed by atoms with Gasteiger partial charge in [0.15, 0.2) is 0 Å². The van der Waals surface area contributed by atoms with Crippen molar-refractivity contribution in [2.75, 3.05) is 13.1 Å². The molecule has 112 valence electrons. The van der Waals surface area contributed by atoms with Crippen LogP contribution in [-0.4, -0.2) is 13.1 Å². The first-order valence-corrected chi connectivity index (χ1v) is 8.55. The van der Waals surface area contributed by atoms with Gasteiger partial charge in [0.05, 0.1) is 0 Å². The molecule has 1 N–H and O–H groups in total. The molecule has 0 aromatic heterocycles. The van der Waals surface area contributed by atoms with Gasteiger partial charge in [-0.3, -0.25) is 0 Å². The Balaban J connectivity index is 2.10. The third-order valence-corrected chi connectivity index (χ3v) is 5.01. The first-order chi connectivity index (χ1) is 9.65. The van der Waals surface area contributed by atoms with E-state index >= 15 is 0 Å². The summed E-state index contributed by atoms with van der Waals surface area (Å²) in [7, 11) is 0. The fourth-order valence-corrected chi connectivity index (χ4v) is 3.79. The number of benzene rings is 1. The van der Waals surface area contributed by atoms with E-state index < -0.39 is 0 Å². The maximum atomic E-state index is 6.37. The number of hydrogen-bond acceptors (Lipinski definition) is 1. The zero-order chi connectivity index (χ0) is 14.4. The molecular weight excluding hydrogens is 289 g/mol. The molecule has 1 aliphatic carbocycles. The maximum absolute atomic E-state index is 6.37. The first-order valence-electron chi connectivity index (χ1n) is 7.80. The van der Waals surface area contributed by atoms with Gasteiger partial charge in [-0.15, -0.1) is 0 Å². The molecule has 0 radical (unpaired) electrons. The minimum atomic E-state index is 0.380. The largest absolute Gasteiger partial charge is 0.316 e. The summed E-state index contributed by atoms with van der Waals surface area (Å²) in [6, 6.07) is 5.92. The van der Waals surface area contributed by atoms with Crippen LogP contribution in [0.5, 0.6) is 0 Å². The van der Waals surface area contributed by atoms with E-state index in [0.29, 0.717) is 5.41 Å². The molecule has 0 bridgehead atoms. The van der Waals surface area contributed by atoms with Gasteiger partial charge in [0, 0.05) is 16.6 Å². The van der Waals surface area contributed by atoms with Gasteiger partial charge < -0.3 is 5.32 Å². The van der Waals surface area contributed by atoms with Crippen LogP contribution in [0, 0.1) is 5.41 Å². The fourth-order valence-electron chi connectivity index (χ4n) is 3.32. The molecule has 0 atom stereocenters. The summed E-state index contributed by atoms with van der Waals surface area (Å²) < 4.78 is 0. The predicted octanol–water partition coefficient (Wildman–Crippen LogP) is 5.49. The van der Waals surface area contributed by atoms with E-state index in [1.807, 2.05) is 12.1 Å². The Morgan fingerprint density at radius 2 is 1.90 bits per heavy atom. The monoisotopic (exact) mass is 313 g/mol. The van der Waals surface area contributed by atoms with Gasteiger partial charge in [0.1, 0.15) is 0 Å². The van der Waals surface area contributed by atoms with Gasteiger partial charge in [-0.2, -0.15) is 0 Å². The van der Waals surface area contributed by atoms with Crippen molar-refractivity contribution in [1.82, 2.24) is 5.32 Å². The molecule has 1 nitrogen and oxygen atoms in total. The molecule has 2 rings (SSSR count). The Kier molecular flexibility index (Phi) is 6.20. The highest BCUT2D eigenvalue weighted by molar-refractivity contribution is 6.35. The molecule has 1 fully saturated rings. The van der Waals surface area contributed by atoms with Crippen LogP contribution in [0.25, 0.3) is 0 Å². The quantitative estimate of drug-likeness (QED) is 0.685. The smallest absolute Gasteiger partial charge is 0.0453 e. The zero-order valence-electron chi connectivity index (χ0n) is 12.4. The summed E-state index contributed by atoms with van der Waals surface area (Å²) in [4.78, 5) is 0. The van der Waals surface area contributed by atoms with Gasteiger partial charge in [0.25, 0.3) is 0 Å². The van der Waals surface area contributed by atoms with E-state index in [1.165, 1.54) is 44.1 Å². The van der Waals surface area contributed by atoms with Crippen LogP contribution in [0.4, 0.5) is 0 Å². The van der Waals surface area contributed by atoms with Crippen molar-refractivity contribution in [3.05, 3.63) is 33.8 Å². The summed E-state index contributed by atoms with van der Waals surface area (Å²) in [6.45, 7) is 4.44. The average Bonchev–Trinajstić information content (AvgIpc) is 2.44. The molecule has 1 aromatic rings. The summed E-state index contributed by atoms with van der Waals surface area (Å²) in [5.74, 6) is 0. The van der Waals surface area contributed by atoms with Crippen LogP contribution < -0.4 is 5.32 Å². The highest BCUT2D eigenvalue weighted by atomic mass is 35.5. The van der Waals surface area contributed by atoms with Crippen molar-refractivity contribution in [1.29, 1.82) is 0 Å². The van der Waals surface area contributed by atoms with Crippen LogP contribution >= 0.6 is 23.2 Å². The molecule has 0 saturated heterocycles. The molecule has 20 heavy (non-hydrogen) atoms. The average molecular weight is 314 g/mol. The minimum Gasteiger partial charge on any atom is -0.316 e. The molecule has 0 amide bonds. The second kappa shape index (κ2) is 7.68. The van der Waals surface area contributed by atoms with E-state index in [1.54, 1.807) is 0 Å². The van der Waals surface area contributed by atoms with E-state index in [2.05, 4.69) is 18.3 Å². The Labute approximate surface area is 133 Å². The number of halogens is 2. The Bertz CT molecular complexity index is 425. The number of rotatable bonds is 6. The second-order valence-electron chi connectivity index (χ2n) is 6.15. The first kappa shape index (κ1) is 16.1. The van der Waals surface area contributed by atoms with E-state index in [4.69, 9.17) is 23.2 Å². The Hall–Kier alpha value is -0.240. The predicted molar refractivity (Wildman–Crippen MR) is 88.8 cm³/mol. The summed E-state index contributed by atoms with van der Waals surface area (Å²) in [6.07, 6.45) is 8.95. The van der Waals surface area contributed by atoms with Crippen molar-refractivity contribution in [2.24, 2.45) is 5.41 Å². The molecule has 1 aromatic carbocycles. The van der Waals surface area contributed by atoms with E-state index in [0.717, 1.165) is 29.6 Å². The van der Waals surface area contributed by atoms with Crippen molar-refractivity contribution >= 4 is 23.2 Å². The molecular formula is C17H25Cl2N. The van der Waals surface area contributed by atoms with Crippen LogP contribution in [0.3, 0.4) is 0 Å². The summed E-state index contributed by atoms with van der Waals surface area (Å²) in [5, 5.41) is 5.17. The number of nitrogens with one attached hydrogen (secondary N) is 1. The Morgan fingerprint density at radius 1 is 1.15 bits per heavy atom. The maximum Gasteiger partial charge on any atom is 0.0453 e. The highest BCUT2D eigenvalue weighted by Gasteiger charge is 2.32. The minimum absolute atomic E-state index is 0.380. The SMILES string of the molecule is CCCNCC1(Cc2ccc(Cl)cc2Cl)CCCCC1. The number of hydrogen-bond donors (Lipinski definition) is 1. The van der Waals surface area contributed by atoms with Crippen LogP contribution in [0.15, 0.2) is 18.2 Å². The molecule has 1 saturated carbocycles. The lowest BCUT2D eigenvalue weighted by Crippen LogP contribution is -2.38. The van der Waals surface area contributed by atoms with E-state index in [9.17, 15) is 0 Å². The van der Waals surface area contributed by atoms with Crippen molar-refractivity contribution in [2.45, 2.75) is 51.9 Å². The molecule has 0 heterocycles. The lowest BCUT2D eigenvalue weighted by atomic mass is 9.70. The van der Waals surface area contributed by atoms with Gasteiger partial charge >= 0.3 is 0 Å². The Morgan fingerprint density at radius 3 is 2.55 bits per heavy atom. The van der Waals surface area contributed by atoms with Crippen LogP contribution in [0.2, 0.25) is 10.0 Å². The van der Waals surface area contributed by atoms with Gasteiger partial charge in [-0.05, 0) is 55.3 Å². The van der Waals surface area contributed by atoms with Crippen LogP contribution in [0.1, 0.15) is 51.0 Å². The topological polar surface area (TPSA) is 12.0 Å². The van der Waals surface area contributed by atoms with Gasteiger partial charge in [-0.25, -0.2) is 0 Å². The van der Waals surface area contributed by atoms with Gasteiger partial charge in [0.2, 0.25) is 0 Å². The fraction of sp³-hybridized carbons (Fsp3) is 0.647. The standard InChI is InChI=1S/C17H25Cl2N/c1-2-10-20-13-17(8-4-3-5-9-17)12-14-6-7-15(18)11-16(14)19/h6-7,11,20H,2-5,8-10,12-13H2,1H3. The highest BCUT2D eigenvalue weighted by Crippen LogP contribution is 2.40. The third kappa shape index (κ3) is 4.38. The molecule has 1 aliphatic rings. The second-order valence-corrected chi connectivity index (χ2v) is 6.99. The van der Waals surface area contributed by atoms with Crippen molar-refractivity contribution in [3.8, 4) is 0 Å². The third-order valence-electron chi connectivity index (χ3n) is 4.42. The van der Waals surface area contributed by atoms with Gasteiger partial charge in [-0.1, -0.05) is 55.5 Å². The van der Waals surface area contributed by atoms with Crippen LogP contribution in [-0.2, 0) is 6.42 Å². The molecule has 0 spiro atoms. The van der Waals surface area contributed by atoms with Crippen molar-refractivity contribution in [3.63, 3.8) is 0 Å². The summed E-state index contributed by atoms with van der Waals surface area (Å²) >= 11 is 12.4.